The number of hydrogen-bond donors (Lipinski definition) is 2. The molecule has 8 nitrogen and oxygen atoms in total. The Hall–Kier alpha value is -2.32. The van der Waals surface area contributed by atoms with Crippen molar-refractivity contribution in [2.75, 3.05) is 40.9 Å². The minimum Gasteiger partial charge on any atom is -0.756 e. The van der Waals surface area contributed by atoms with E-state index in [4.69, 9.17) is 9.05 Å². The first-order valence-corrected chi connectivity index (χ1v) is 18.4. The summed E-state index contributed by atoms with van der Waals surface area (Å²) in [6.45, 7) is 4.21. The molecule has 3 unspecified atom stereocenters. The summed E-state index contributed by atoms with van der Waals surface area (Å²) in [7, 11) is 1.20. The van der Waals surface area contributed by atoms with Gasteiger partial charge in [-0.05, 0) is 64.2 Å². The van der Waals surface area contributed by atoms with E-state index in [-0.39, 0.29) is 18.9 Å². The second kappa shape index (κ2) is 28.9. The fourth-order valence-corrected chi connectivity index (χ4v) is 4.59. The van der Waals surface area contributed by atoms with Gasteiger partial charge >= 0.3 is 0 Å². The Balaban J connectivity index is 4.31. The molecule has 0 fully saturated rings. The quantitative estimate of drug-likeness (QED) is 0.0386. The largest absolute Gasteiger partial charge is 0.756 e. The van der Waals surface area contributed by atoms with Crippen LogP contribution in [-0.2, 0) is 18.4 Å². The lowest BCUT2D eigenvalue weighted by Crippen LogP contribution is -2.45. The van der Waals surface area contributed by atoms with Crippen LogP contribution >= 0.6 is 7.82 Å². The SMILES string of the molecule is CC/C=C\C/C=C\C/C=C\C/C=C\C/C=C\C/C=C\CCCCC(=O)NC(COP(=O)([O-])OCC[N+](C)(C)C)C(O)/C=C/CCC. The number of nitrogens with zero attached hydrogens (tertiary/aromatic N) is 1. The molecule has 0 aromatic heterocycles. The van der Waals surface area contributed by atoms with Gasteiger partial charge in [0, 0.05) is 6.42 Å². The number of hydrogen-bond acceptors (Lipinski definition) is 6. The van der Waals surface area contributed by atoms with Gasteiger partial charge in [-0.15, -0.1) is 0 Å². The second-order valence-electron chi connectivity index (χ2n) is 12.1. The highest BCUT2D eigenvalue weighted by molar-refractivity contribution is 7.45. The molecule has 0 bridgehead atoms. The fraction of sp³-hybridized carbons (Fsp3) is 0.595. The van der Waals surface area contributed by atoms with E-state index in [1.807, 2.05) is 34.1 Å². The number of phosphoric acid groups is 1. The van der Waals surface area contributed by atoms with Crippen molar-refractivity contribution in [3.8, 4) is 0 Å². The molecular weight excluding hydrogens is 599 g/mol. The summed E-state index contributed by atoms with van der Waals surface area (Å²) in [5.41, 5.74) is 0. The average molecular weight is 663 g/mol. The summed E-state index contributed by atoms with van der Waals surface area (Å²) < 4.78 is 22.7. The Labute approximate surface area is 280 Å². The number of carbonyl (C=O) groups excluding carboxylic acids is 1. The average Bonchev–Trinajstić information content (AvgIpc) is 2.99. The van der Waals surface area contributed by atoms with Gasteiger partial charge in [-0.2, -0.15) is 0 Å². The third-order valence-corrected chi connectivity index (χ3v) is 7.56. The Bertz CT molecular complexity index is 1020. The highest BCUT2D eigenvalue weighted by Gasteiger charge is 2.23. The van der Waals surface area contributed by atoms with E-state index in [2.05, 4.69) is 85.2 Å². The van der Waals surface area contributed by atoms with E-state index in [0.29, 0.717) is 17.4 Å². The van der Waals surface area contributed by atoms with Crippen LogP contribution in [0, 0.1) is 0 Å². The smallest absolute Gasteiger partial charge is 0.268 e. The Kier molecular flexibility index (Phi) is 27.4. The molecule has 262 valence electrons. The van der Waals surface area contributed by atoms with Gasteiger partial charge in [0.2, 0.25) is 5.91 Å². The number of unbranched alkanes of at least 4 members (excludes halogenated alkanes) is 3. The topological polar surface area (TPSA) is 108 Å². The van der Waals surface area contributed by atoms with Gasteiger partial charge in [0.25, 0.3) is 7.82 Å². The number of aliphatic hydroxyl groups is 1. The van der Waals surface area contributed by atoms with Crippen molar-refractivity contribution in [2.45, 2.75) is 103 Å². The molecule has 0 saturated heterocycles. The van der Waals surface area contributed by atoms with E-state index in [1.165, 1.54) is 0 Å². The van der Waals surface area contributed by atoms with E-state index in [0.717, 1.165) is 64.2 Å². The van der Waals surface area contributed by atoms with Crippen molar-refractivity contribution in [2.24, 2.45) is 0 Å². The first-order chi connectivity index (χ1) is 22.0. The van der Waals surface area contributed by atoms with Gasteiger partial charge in [-0.25, -0.2) is 0 Å². The number of likely N-dealkylation sites (N-methyl/N-ethyl adjacent to an activating group) is 1. The van der Waals surface area contributed by atoms with Crippen molar-refractivity contribution in [3.05, 3.63) is 85.1 Å². The molecular formula is C37H63N2O6P. The molecule has 0 spiro atoms. The third-order valence-electron chi connectivity index (χ3n) is 6.59. The van der Waals surface area contributed by atoms with Crippen LogP contribution in [0.5, 0.6) is 0 Å². The van der Waals surface area contributed by atoms with E-state index in [1.54, 1.807) is 6.08 Å². The number of nitrogens with one attached hydrogen (secondary N) is 1. The molecule has 46 heavy (non-hydrogen) atoms. The molecule has 9 heteroatoms. The molecule has 0 aromatic rings. The molecule has 1 amide bonds. The standard InChI is InChI=1S/C37H63N2O6P/c1-6-8-10-11-12-13-14-15-16-17-18-19-20-21-22-23-24-25-26-27-29-31-37(41)38-35(36(40)30-28-9-7-2)34-45-46(42,43)44-33-32-39(3,4)5/h8,10,12-13,15-16,18-19,21-22,24-25,28,30,35-36,40H,6-7,9,11,14,17,20,23,26-27,29,31-34H2,1-5H3,(H-,38,41,42,43)/b10-8-,13-12-,16-15-,19-18-,22-21-,25-24-,30-28+. The number of aliphatic hydroxyl groups excluding tert-OH is 1. The molecule has 0 heterocycles. The normalized spacial score (nSPS) is 15.9. The Morgan fingerprint density at radius 1 is 0.783 bits per heavy atom. The maximum absolute atomic E-state index is 12.6. The number of phosphoric ester groups is 1. The molecule has 0 saturated carbocycles. The maximum Gasteiger partial charge on any atom is 0.268 e. The van der Waals surface area contributed by atoms with Crippen LogP contribution in [0.3, 0.4) is 0 Å². The monoisotopic (exact) mass is 662 g/mol. The Morgan fingerprint density at radius 2 is 1.30 bits per heavy atom. The number of amides is 1. The summed E-state index contributed by atoms with van der Waals surface area (Å²) >= 11 is 0. The summed E-state index contributed by atoms with van der Waals surface area (Å²) in [5, 5.41) is 13.3. The zero-order valence-corrected chi connectivity index (χ0v) is 30.1. The molecule has 0 rings (SSSR count). The molecule has 0 aliphatic heterocycles. The summed E-state index contributed by atoms with van der Waals surface area (Å²) in [5.74, 6) is -0.258. The number of allylic oxidation sites excluding steroid dienone is 13. The van der Waals surface area contributed by atoms with E-state index in [9.17, 15) is 19.4 Å². The third kappa shape index (κ3) is 30.3. The van der Waals surface area contributed by atoms with Crippen LogP contribution in [0.1, 0.15) is 90.9 Å². The van der Waals surface area contributed by atoms with Gasteiger partial charge in [0.05, 0.1) is 39.9 Å². The lowest BCUT2D eigenvalue weighted by molar-refractivity contribution is -0.870. The maximum atomic E-state index is 12.6. The van der Waals surface area contributed by atoms with Crippen LogP contribution in [0.15, 0.2) is 85.1 Å². The van der Waals surface area contributed by atoms with Crippen molar-refractivity contribution in [1.82, 2.24) is 5.32 Å². The lowest BCUT2D eigenvalue weighted by atomic mass is 10.1. The number of quaternary nitrogens is 1. The molecule has 2 N–H and O–H groups in total. The molecule has 0 aliphatic rings. The first-order valence-electron chi connectivity index (χ1n) is 16.9. The zero-order chi connectivity index (χ0) is 34.4. The minimum atomic E-state index is -4.57. The van der Waals surface area contributed by atoms with Gasteiger partial charge in [-0.3, -0.25) is 9.36 Å². The van der Waals surface area contributed by atoms with Crippen LogP contribution in [0.4, 0.5) is 0 Å². The van der Waals surface area contributed by atoms with Gasteiger partial charge in [-0.1, -0.05) is 105 Å². The summed E-state index contributed by atoms with van der Waals surface area (Å²) in [6.07, 6.45) is 38.6. The second-order valence-corrected chi connectivity index (χ2v) is 13.5. The number of rotatable bonds is 28. The van der Waals surface area contributed by atoms with Crippen molar-refractivity contribution >= 4 is 13.7 Å². The molecule has 3 atom stereocenters. The van der Waals surface area contributed by atoms with E-state index >= 15 is 0 Å². The Morgan fingerprint density at radius 3 is 1.80 bits per heavy atom. The van der Waals surface area contributed by atoms with E-state index < -0.39 is 26.6 Å². The van der Waals surface area contributed by atoms with Gasteiger partial charge in [0.15, 0.2) is 0 Å². The van der Waals surface area contributed by atoms with Crippen LogP contribution in [-0.4, -0.2) is 68.5 Å². The summed E-state index contributed by atoms with van der Waals surface area (Å²) in [4.78, 5) is 24.8. The fourth-order valence-electron chi connectivity index (χ4n) is 3.86. The van der Waals surface area contributed by atoms with Crippen molar-refractivity contribution in [3.63, 3.8) is 0 Å². The first kappa shape index (κ1) is 43.7. The van der Waals surface area contributed by atoms with Crippen LogP contribution in [0.25, 0.3) is 0 Å². The van der Waals surface area contributed by atoms with Crippen LogP contribution in [0.2, 0.25) is 0 Å². The minimum absolute atomic E-state index is 0.0168. The predicted octanol–water partition coefficient (Wildman–Crippen LogP) is 7.65. The van der Waals surface area contributed by atoms with Crippen molar-refractivity contribution in [1.29, 1.82) is 0 Å². The summed E-state index contributed by atoms with van der Waals surface area (Å²) in [6, 6.07) is -0.909. The lowest BCUT2D eigenvalue weighted by Gasteiger charge is -2.29. The molecule has 0 radical (unpaired) electrons. The highest BCUT2D eigenvalue weighted by Crippen LogP contribution is 2.38. The van der Waals surface area contributed by atoms with Gasteiger partial charge in [0.1, 0.15) is 13.2 Å². The molecule has 0 aliphatic carbocycles. The van der Waals surface area contributed by atoms with Crippen LogP contribution < -0.4 is 10.2 Å². The zero-order valence-electron chi connectivity index (χ0n) is 29.2. The predicted molar refractivity (Wildman–Crippen MR) is 191 cm³/mol. The van der Waals surface area contributed by atoms with Gasteiger partial charge < -0.3 is 28.8 Å². The number of carbonyl (C=O) groups is 1. The highest BCUT2D eigenvalue weighted by atomic mass is 31.2. The van der Waals surface area contributed by atoms with Crippen molar-refractivity contribution < 1.29 is 32.9 Å². The molecule has 0 aromatic carbocycles.